The van der Waals surface area contributed by atoms with Crippen LogP contribution in [0.5, 0.6) is 5.75 Å². The number of ether oxygens (including phenoxy) is 2. The predicted octanol–water partition coefficient (Wildman–Crippen LogP) is 2.57. The summed E-state index contributed by atoms with van der Waals surface area (Å²) in [7, 11) is 1.45. The Morgan fingerprint density at radius 1 is 1.48 bits per heavy atom. The number of hydrogen-bond donors (Lipinski definition) is 2. The first-order valence-electron chi connectivity index (χ1n) is 8.66. The zero-order chi connectivity index (χ0) is 18.4. The van der Waals surface area contributed by atoms with E-state index in [1.54, 1.807) is 0 Å². The monoisotopic (exact) mass is 370 g/mol. The molecule has 2 rings (SSSR count). The number of nitrogens with zero attached hydrogens (tertiary/aromatic N) is 1. The van der Waals surface area contributed by atoms with Gasteiger partial charge in [0.05, 0.1) is 30.5 Å². The van der Waals surface area contributed by atoms with Crippen LogP contribution in [-0.2, 0) is 4.74 Å². The van der Waals surface area contributed by atoms with Crippen LogP contribution in [0.2, 0.25) is 5.02 Å². The van der Waals surface area contributed by atoms with Gasteiger partial charge >= 0.3 is 5.97 Å². The van der Waals surface area contributed by atoms with E-state index in [1.165, 1.54) is 19.2 Å². The number of piperidine rings is 1. The molecule has 0 unspecified atom stereocenters. The zero-order valence-corrected chi connectivity index (χ0v) is 15.6. The number of carbonyl (C=O) groups excluding carboxylic acids is 1. The van der Waals surface area contributed by atoms with Gasteiger partial charge in [-0.05, 0) is 32.0 Å². The number of carbonyl (C=O) groups is 1. The molecular formula is C18H27ClN2O4. The molecule has 0 radical (unpaired) electrons. The minimum atomic E-state index is -0.528. The van der Waals surface area contributed by atoms with E-state index in [0.29, 0.717) is 18.0 Å². The standard InChI is InChI=1S/C18H27ClN2O4/c1-3-4-6-21-7-5-12(16(22)10-21)11-25-18(23)13-8-14(19)15(20)9-17(13)24-2/h8-9,12,16,22H,3-7,10-11,20H2,1-2H3/t12-,16-/m1/s1. The van der Waals surface area contributed by atoms with Gasteiger partial charge in [0, 0.05) is 18.5 Å². The minimum Gasteiger partial charge on any atom is -0.496 e. The Morgan fingerprint density at radius 2 is 2.24 bits per heavy atom. The first-order chi connectivity index (χ1) is 12.0. The SMILES string of the molecule is CCCCN1CC[C@H](COC(=O)c2cc(Cl)c(N)cc2OC)[C@H](O)C1. The van der Waals surface area contributed by atoms with Crippen LogP contribution in [0.15, 0.2) is 12.1 Å². The summed E-state index contributed by atoms with van der Waals surface area (Å²) in [6.07, 6.45) is 2.58. The molecule has 1 aromatic carbocycles. The summed E-state index contributed by atoms with van der Waals surface area (Å²) in [6, 6.07) is 2.95. The Kier molecular flexibility index (Phi) is 7.35. The average molecular weight is 371 g/mol. The van der Waals surface area contributed by atoms with Gasteiger partial charge < -0.3 is 25.2 Å². The van der Waals surface area contributed by atoms with Gasteiger partial charge in [0.25, 0.3) is 0 Å². The van der Waals surface area contributed by atoms with Crippen molar-refractivity contribution in [1.29, 1.82) is 0 Å². The fourth-order valence-electron chi connectivity index (χ4n) is 2.98. The Hall–Kier alpha value is -1.50. The highest BCUT2D eigenvalue weighted by Crippen LogP contribution is 2.29. The van der Waals surface area contributed by atoms with E-state index < -0.39 is 12.1 Å². The Balaban J connectivity index is 1.91. The lowest BCUT2D eigenvalue weighted by atomic mass is 9.94. The lowest BCUT2D eigenvalue weighted by molar-refractivity contribution is -0.0147. The third-order valence-electron chi connectivity index (χ3n) is 4.60. The van der Waals surface area contributed by atoms with Crippen molar-refractivity contribution in [1.82, 2.24) is 4.90 Å². The lowest BCUT2D eigenvalue weighted by Gasteiger charge is -2.35. The number of esters is 1. The van der Waals surface area contributed by atoms with Crippen molar-refractivity contribution >= 4 is 23.3 Å². The van der Waals surface area contributed by atoms with Gasteiger partial charge in [0.1, 0.15) is 11.3 Å². The number of hydrogen-bond acceptors (Lipinski definition) is 6. The summed E-state index contributed by atoms with van der Waals surface area (Å²) in [6.45, 7) is 4.86. The maximum atomic E-state index is 12.3. The van der Waals surface area contributed by atoms with Crippen LogP contribution < -0.4 is 10.5 Å². The molecule has 140 valence electrons. The minimum absolute atomic E-state index is 0.0583. The highest BCUT2D eigenvalue weighted by molar-refractivity contribution is 6.33. The highest BCUT2D eigenvalue weighted by Gasteiger charge is 2.29. The number of unbranched alkanes of at least 4 members (excludes halogenated alkanes) is 1. The number of halogens is 1. The molecule has 0 aliphatic carbocycles. The summed E-state index contributed by atoms with van der Waals surface area (Å²) in [4.78, 5) is 14.6. The number of benzene rings is 1. The quantitative estimate of drug-likeness (QED) is 0.566. The molecular weight excluding hydrogens is 344 g/mol. The number of nitrogens with two attached hydrogens (primary N) is 1. The van der Waals surface area contributed by atoms with E-state index in [-0.39, 0.29) is 23.1 Å². The van der Waals surface area contributed by atoms with Gasteiger partial charge in [-0.3, -0.25) is 0 Å². The Bertz CT molecular complexity index is 597. The molecule has 0 aromatic heterocycles. The summed E-state index contributed by atoms with van der Waals surface area (Å²) < 4.78 is 10.6. The number of aliphatic hydroxyl groups is 1. The van der Waals surface area contributed by atoms with E-state index in [4.69, 9.17) is 26.8 Å². The van der Waals surface area contributed by atoms with Crippen molar-refractivity contribution in [2.75, 3.05) is 39.1 Å². The van der Waals surface area contributed by atoms with Crippen LogP contribution in [-0.4, -0.2) is 55.4 Å². The maximum Gasteiger partial charge on any atom is 0.341 e. The van der Waals surface area contributed by atoms with Crippen LogP contribution in [0.1, 0.15) is 36.5 Å². The summed E-state index contributed by atoms with van der Waals surface area (Å²) in [5.41, 5.74) is 6.29. The summed E-state index contributed by atoms with van der Waals surface area (Å²) in [5, 5.41) is 10.6. The molecule has 25 heavy (non-hydrogen) atoms. The van der Waals surface area contributed by atoms with Gasteiger partial charge in [0.15, 0.2) is 0 Å². The van der Waals surface area contributed by atoms with Crippen LogP contribution in [0.3, 0.4) is 0 Å². The van der Waals surface area contributed by atoms with E-state index in [2.05, 4.69) is 11.8 Å². The van der Waals surface area contributed by atoms with Crippen LogP contribution in [0, 0.1) is 5.92 Å². The van der Waals surface area contributed by atoms with Crippen molar-refractivity contribution in [3.05, 3.63) is 22.7 Å². The molecule has 3 N–H and O–H groups in total. The smallest absolute Gasteiger partial charge is 0.341 e. The summed E-state index contributed by atoms with van der Waals surface area (Å²) >= 11 is 5.98. The van der Waals surface area contributed by atoms with Gasteiger partial charge in [-0.15, -0.1) is 0 Å². The zero-order valence-electron chi connectivity index (χ0n) is 14.8. The summed E-state index contributed by atoms with van der Waals surface area (Å²) in [5.74, 6) is -0.265. The van der Waals surface area contributed by atoms with Gasteiger partial charge in [0.2, 0.25) is 0 Å². The molecule has 2 atom stereocenters. The van der Waals surface area contributed by atoms with Crippen molar-refractivity contribution < 1.29 is 19.4 Å². The van der Waals surface area contributed by atoms with Crippen LogP contribution in [0.25, 0.3) is 0 Å². The third-order valence-corrected chi connectivity index (χ3v) is 4.93. The van der Waals surface area contributed by atoms with Gasteiger partial charge in [-0.25, -0.2) is 4.79 Å². The number of likely N-dealkylation sites (tertiary alicyclic amines) is 1. The fourth-order valence-corrected chi connectivity index (χ4v) is 3.15. The second-order valence-electron chi connectivity index (χ2n) is 6.44. The third kappa shape index (κ3) is 5.23. The number of aliphatic hydroxyl groups excluding tert-OH is 1. The van der Waals surface area contributed by atoms with Crippen molar-refractivity contribution in [2.45, 2.75) is 32.3 Å². The molecule has 1 aromatic rings. The van der Waals surface area contributed by atoms with Crippen molar-refractivity contribution in [3.8, 4) is 5.75 Å². The average Bonchev–Trinajstić information content (AvgIpc) is 2.60. The highest BCUT2D eigenvalue weighted by atomic mass is 35.5. The second kappa shape index (κ2) is 9.27. The first kappa shape index (κ1) is 19.8. The van der Waals surface area contributed by atoms with Crippen molar-refractivity contribution in [3.63, 3.8) is 0 Å². The molecule has 0 saturated carbocycles. The molecule has 1 fully saturated rings. The normalized spacial score (nSPS) is 21.1. The molecule has 0 amide bonds. The maximum absolute atomic E-state index is 12.3. The topological polar surface area (TPSA) is 85.0 Å². The Labute approximate surface area is 153 Å². The van der Waals surface area contributed by atoms with Crippen LogP contribution >= 0.6 is 11.6 Å². The first-order valence-corrected chi connectivity index (χ1v) is 9.04. The number of nitrogen functional groups attached to an aromatic ring is 1. The number of β-amino-alcohol motifs (C(OH)–C–C–N with tert-alkyl or cyclic N) is 1. The molecule has 1 heterocycles. The predicted molar refractivity (Wildman–Crippen MR) is 98.2 cm³/mol. The van der Waals surface area contributed by atoms with Gasteiger partial charge in [-0.2, -0.15) is 0 Å². The van der Waals surface area contributed by atoms with E-state index in [0.717, 1.165) is 32.4 Å². The van der Waals surface area contributed by atoms with Gasteiger partial charge in [-0.1, -0.05) is 24.9 Å². The van der Waals surface area contributed by atoms with Crippen LogP contribution in [0.4, 0.5) is 5.69 Å². The lowest BCUT2D eigenvalue weighted by Crippen LogP contribution is -2.45. The number of anilines is 1. The molecule has 1 aliphatic rings. The number of methoxy groups -OCH3 is 1. The molecule has 7 heteroatoms. The fraction of sp³-hybridized carbons (Fsp3) is 0.611. The molecule has 1 saturated heterocycles. The van der Waals surface area contributed by atoms with E-state index >= 15 is 0 Å². The molecule has 0 spiro atoms. The van der Waals surface area contributed by atoms with E-state index in [1.807, 2.05) is 0 Å². The largest absolute Gasteiger partial charge is 0.496 e. The molecule has 6 nitrogen and oxygen atoms in total. The Morgan fingerprint density at radius 3 is 2.88 bits per heavy atom. The molecule has 1 aliphatic heterocycles. The van der Waals surface area contributed by atoms with Crippen molar-refractivity contribution in [2.24, 2.45) is 5.92 Å². The molecule has 0 bridgehead atoms. The second-order valence-corrected chi connectivity index (χ2v) is 6.85. The number of rotatable bonds is 7. The van der Waals surface area contributed by atoms with E-state index in [9.17, 15) is 9.90 Å².